The predicted molar refractivity (Wildman–Crippen MR) is 76.9 cm³/mol. The third kappa shape index (κ3) is 3.42. The molecule has 0 saturated carbocycles. The van der Waals surface area contributed by atoms with E-state index in [9.17, 15) is 20.1 Å². The molecule has 1 fully saturated rings. The first-order valence-corrected chi connectivity index (χ1v) is 6.99. The van der Waals surface area contributed by atoms with Crippen molar-refractivity contribution >= 4 is 5.91 Å². The topological polar surface area (TPSA) is 138 Å². The van der Waals surface area contributed by atoms with E-state index in [4.69, 9.17) is 10.5 Å². The van der Waals surface area contributed by atoms with Crippen LogP contribution in [0.25, 0.3) is 0 Å². The van der Waals surface area contributed by atoms with E-state index >= 15 is 0 Å². The molecule has 1 aliphatic heterocycles. The van der Waals surface area contributed by atoms with Crippen LogP contribution in [0, 0.1) is 13.8 Å². The fraction of sp³-hybridized carbons (Fsp3) is 0.571. The van der Waals surface area contributed by atoms with Gasteiger partial charge in [0.2, 0.25) is 0 Å². The number of rotatable bonds is 3. The van der Waals surface area contributed by atoms with Crippen molar-refractivity contribution < 1.29 is 24.9 Å². The monoisotopic (exact) mass is 311 g/mol. The Morgan fingerprint density at radius 1 is 1.32 bits per heavy atom. The Labute approximate surface area is 127 Å². The lowest BCUT2D eigenvalue weighted by Gasteiger charge is -2.39. The molecule has 1 aliphatic rings. The highest BCUT2D eigenvalue weighted by Crippen LogP contribution is 2.18. The van der Waals surface area contributed by atoms with Crippen molar-refractivity contribution in [1.29, 1.82) is 0 Å². The minimum Gasteiger partial charge on any atom is -0.388 e. The van der Waals surface area contributed by atoms with Crippen molar-refractivity contribution in [1.82, 2.24) is 10.3 Å². The molecule has 5 atom stereocenters. The fourth-order valence-electron chi connectivity index (χ4n) is 2.35. The van der Waals surface area contributed by atoms with Crippen molar-refractivity contribution in [3.05, 3.63) is 29.1 Å². The number of aliphatic hydroxyl groups is 3. The Bertz CT molecular complexity index is 553. The number of carbonyl (C=O) groups excluding carboxylic acids is 1. The van der Waals surface area contributed by atoms with Crippen LogP contribution in [-0.4, -0.2) is 63.4 Å². The number of nitrogens with two attached hydrogens (primary N) is 1. The van der Waals surface area contributed by atoms with Gasteiger partial charge in [0.25, 0.3) is 5.91 Å². The van der Waals surface area contributed by atoms with Gasteiger partial charge in [0, 0.05) is 12.2 Å². The molecule has 122 valence electrons. The number of nitrogens with one attached hydrogen (secondary N) is 1. The van der Waals surface area contributed by atoms with E-state index in [0.717, 1.165) is 5.69 Å². The maximum atomic E-state index is 12.1. The minimum atomic E-state index is -1.40. The largest absolute Gasteiger partial charge is 0.388 e. The molecule has 1 aromatic rings. The zero-order valence-corrected chi connectivity index (χ0v) is 12.4. The number of nitrogens with zero attached hydrogens (tertiary/aromatic N) is 1. The second-order valence-corrected chi connectivity index (χ2v) is 5.42. The Morgan fingerprint density at radius 3 is 2.64 bits per heavy atom. The first-order valence-electron chi connectivity index (χ1n) is 6.99. The van der Waals surface area contributed by atoms with E-state index in [1.54, 1.807) is 19.1 Å². The van der Waals surface area contributed by atoms with Crippen molar-refractivity contribution in [2.45, 2.75) is 44.5 Å². The highest BCUT2D eigenvalue weighted by atomic mass is 16.6. The summed E-state index contributed by atoms with van der Waals surface area (Å²) in [6, 6.07) is 2.29. The zero-order chi connectivity index (χ0) is 16.4. The van der Waals surface area contributed by atoms with Gasteiger partial charge in [0.05, 0.1) is 17.3 Å². The van der Waals surface area contributed by atoms with Crippen molar-refractivity contribution in [2.24, 2.45) is 5.73 Å². The molecule has 0 aromatic carbocycles. The van der Waals surface area contributed by atoms with E-state index < -0.39 is 30.6 Å². The van der Waals surface area contributed by atoms with E-state index in [0.29, 0.717) is 11.3 Å². The summed E-state index contributed by atoms with van der Waals surface area (Å²) in [5, 5.41) is 31.7. The summed E-state index contributed by atoms with van der Waals surface area (Å²) in [6.45, 7) is 3.47. The maximum Gasteiger partial charge on any atom is 0.253 e. The molecule has 0 spiro atoms. The van der Waals surface area contributed by atoms with E-state index in [2.05, 4.69) is 10.3 Å². The van der Waals surface area contributed by atoms with E-state index in [-0.39, 0.29) is 12.5 Å². The molecule has 0 radical (unpaired) electrons. The summed E-state index contributed by atoms with van der Waals surface area (Å²) in [7, 11) is 0. The van der Waals surface area contributed by atoms with Crippen molar-refractivity contribution in [2.75, 3.05) is 6.54 Å². The van der Waals surface area contributed by atoms with Crippen LogP contribution >= 0.6 is 0 Å². The highest BCUT2D eigenvalue weighted by molar-refractivity contribution is 5.95. The van der Waals surface area contributed by atoms with Crippen molar-refractivity contribution in [3.8, 4) is 0 Å². The van der Waals surface area contributed by atoms with Crippen molar-refractivity contribution in [3.63, 3.8) is 0 Å². The lowest BCUT2D eigenvalue weighted by atomic mass is 9.97. The summed E-state index contributed by atoms with van der Waals surface area (Å²) in [5.74, 6) is -0.375. The standard InChI is InChI=1S/C14H21N3O5/c1-6-3-4-8(7(2)17-6)13(20)16-5-9-11(18)12(19)10(15)14(21)22-9/h3-4,9-12,14,18-19,21H,5,15H2,1-2H3,(H,16,20)/t9-,10-,11+,12-,14?/m1/s1. The molecular weight excluding hydrogens is 290 g/mol. The van der Waals surface area contributed by atoms with Gasteiger partial charge in [-0.2, -0.15) is 0 Å². The number of carbonyl (C=O) groups is 1. The van der Waals surface area contributed by atoms with Crippen LogP contribution in [0.2, 0.25) is 0 Å². The quantitative estimate of drug-likeness (QED) is 0.444. The normalized spacial score (nSPS) is 31.8. The number of hydrogen-bond donors (Lipinski definition) is 5. The molecule has 1 unspecified atom stereocenters. The molecule has 1 amide bonds. The Kier molecular flexibility index (Phi) is 5.09. The Morgan fingerprint density at radius 2 is 2.00 bits per heavy atom. The van der Waals surface area contributed by atoms with E-state index in [1.807, 2.05) is 6.92 Å². The number of aliphatic hydroxyl groups excluding tert-OH is 3. The van der Waals surface area contributed by atoms with Gasteiger partial charge in [-0.3, -0.25) is 9.78 Å². The second-order valence-electron chi connectivity index (χ2n) is 5.42. The maximum absolute atomic E-state index is 12.1. The summed E-state index contributed by atoms with van der Waals surface area (Å²) >= 11 is 0. The molecule has 2 heterocycles. The smallest absolute Gasteiger partial charge is 0.253 e. The molecule has 8 nitrogen and oxygen atoms in total. The molecular formula is C14H21N3O5. The summed E-state index contributed by atoms with van der Waals surface area (Å²) in [5.41, 5.74) is 7.28. The van der Waals surface area contributed by atoms with Crippen LogP contribution in [0.3, 0.4) is 0 Å². The van der Waals surface area contributed by atoms with Gasteiger partial charge in [-0.05, 0) is 26.0 Å². The summed E-state index contributed by atoms with van der Waals surface area (Å²) < 4.78 is 5.11. The van der Waals surface area contributed by atoms with Crippen LogP contribution in [-0.2, 0) is 4.74 Å². The number of aromatic nitrogens is 1. The van der Waals surface area contributed by atoms with Crippen LogP contribution in [0.15, 0.2) is 12.1 Å². The lowest BCUT2D eigenvalue weighted by Crippen LogP contribution is -2.63. The van der Waals surface area contributed by atoms with E-state index in [1.165, 1.54) is 0 Å². The van der Waals surface area contributed by atoms with Gasteiger partial charge in [-0.1, -0.05) is 0 Å². The van der Waals surface area contributed by atoms with Crippen LogP contribution in [0.4, 0.5) is 0 Å². The van der Waals surface area contributed by atoms with Gasteiger partial charge in [0.15, 0.2) is 6.29 Å². The lowest BCUT2D eigenvalue weighted by molar-refractivity contribution is -0.239. The number of aryl methyl sites for hydroxylation is 2. The fourth-order valence-corrected chi connectivity index (χ4v) is 2.35. The Balaban J connectivity index is 1.99. The molecule has 6 N–H and O–H groups in total. The SMILES string of the molecule is Cc1ccc(C(=O)NC[C@H]2OC(O)[C@H](N)[C@@H](O)[C@H]2O)c(C)n1. The summed E-state index contributed by atoms with van der Waals surface area (Å²) in [4.78, 5) is 16.3. The minimum absolute atomic E-state index is 0.0752. The molecule has 1 aromatic heterocycles. The predicted octanol–water partition coefficient (Wildman–Crippen LogP) is -1.81. The number of amides is 1. The molecule has 8 heteroatoms. The van der Waals surface area contributed by atoms with Crippen LogP contribution in [0.5, 0.6) is 0 Å². The number of ether oxygens (including phenoxy) is 1. The molecule has 0 aliphatic carbocycles. The first-order chi connectivity index (χ1) is 10.3. The third-order valence-corrected chi connectivity index (χ3v) is 3.70. The first kappa shape index (κ1) is 16.8. The molecule has 1 saturated heterocycles. The van der Waals surface area contributed by atoms with Gasteiger partial charge in [0.1, 0.15) is 18.3 Å². The molecule has 22 heavy (non-hydrogen) atoms. The highest BCUT2D eigenvalue weighted by Gasteiger charge is 2.41. The number of hydrogen-bond acceptors (Lipinski definition) is 7. The second kappa shape index (κ2) is 6.67. The average Bonchev–Trinajstić information content (AvgIpc) is 2.47. The zero-order valence-electron chi connectivity index (χ0n) is 12.4. The van der Waals surface area contributed by atoms with Gasteiger partial charge < -0.3 is 31.1 Å². The molecule has 2 rings (SSSR count). The van der Waals surface area contributed by atoms with Gasteiger partial charge >= 0.3 is 0 Å². The average molecular weight is 311 g/mol. The third-order valence-electron chi connectivity index (χ3n) is 3.70. The van der Waals surface area contributed by atoms with Crippen LogP contribution in [0.1, 0.15) is 21.7 Å². The Hall–Kier alpha value is -1.58. The van der Waals surface area contributed by atoms with Crippen LogP contribution < -0.4 is 11.1 Å². The summed E-state index contributed by atoms with van der Waals surface area (Å²) in [6.07, 6.45) is -4.97. The van der Waals surface area contributed by atoms with Gasteiger partial charge in [-0.15, -0.1) is 0 Å². The van der Waals surface area contributed by atoms with Gasteiger partial charge in [-0.25, -0.2) is 0 Å². The molecule has 0 bridgehead atoms. The number of pyridine rings is 1.